The molecule has 1 unspecified atom stereocenters. The molecule has 0 aromatic heterocycles. The Labute approximate surface area is 128 Å². The van der Waals surface area contributed by atoms with Gasteiger partial charge in [0.2, 0.25) is 5.91 Å². The molecule has 0 saturated carbocycles. The Balaban J connectivity index is 4.70. The molecule has 0 aliphatic heterocycles. The van der Waals surface area contributed by atoms with Crippen LogP contribution in [0.25, 0.3) is 0 Å². The molecule has 0 aliphatic rings. The summed E-state index contributed by atoms with van der Waals surface area (Å²) in [4.78, 5) is 23.8. The summed E-state index contributed by atoms with van der Waals surface area (Å²) < 4.78 is 4.96. The quantitative estimate of drug-likeness (QED) is 0.354. The summed E-state index contributed by atoms with van der Waals surface area (Å²) in [6.45, 7) is 17.5. The molecule has 0 aliphatic carbocycles. The second-order valence-corrected chi connectivity index (χ2v) is 6.85. The Kier molecular flexibility index (Phi) is 6.88. The van der Waals surface area contributed by atoms with E-state index in [1.54, 1.807) is 6.92 Å². The molecule has 0 aromatic rings. The highest BCUT2D eigenvalue weighted by Gasteiger charge is 2.42. The Bertz CT molecular complexity index is 439. The average Bonchev–Trinajstić information content (AvgIpc) is 2.31. The van der Waals surface area contributed by atoms with E-state index in [4.69, 9.17) is 4.74 Å². The molecule has 0 spiro atoms. The van der Waals surface area contributed by atoms with E-state index in [9.17, 15) is 9.59 Å². The molecule has 1 atom stereocenters. The number of carbonyl (C=O) groups excluding carboxylic acids is 2. The third-order valence-electron chi connectivity index (χ3n) is 3.58. The van der Waals surface area contributed by atoms with Crippen LogP contribution in [0.4, 0.5) is 0 Å². The van der Waals surface area contributed by atoms with E-state index < -0.39 is 11.4 Å². The normalized spacial score (nSPS) is 13.9. The van der Waals surface area contributed by atoms with Crippen molar-refractivity contribution in [3.8, 4) is 0 Å². The Morgan fingerprint density at radius 2 is 1.67 bits per heavy atom. The van der Waals surface area contributed by atoms with Crippen LogP contribution in [0.2, 0.25) is 0 Å². The highest BCUT2D eigenvalue weighted by molar-refractivity contribution is 5.87. The number of allylic oxidation sites excluding steroid dienone is 1. The van der Waals surface area contributed by atoms with E-state index >= 15 is 0 Å². The van der Waals surface area contributed by atoms with Gasteiger partial charge in [0.05, 0.1) is 12.0 Å². The second kappa shape index (κ2) is 7.43. The fourth-order valence-electron chi connectivity index (χ4n) is 1.82. The van der Waals surface area contributed by atoms with E-state index in [0.29, 0.717) is 12.1 Å². The maximum Gasteiger partial charge on any atom is 0.333 e. The third kappa shape index (κ3) is 5.74. The van der Waals surface area contributed by atoms with Crippen LogP contribution in [0.15, 0.2) is 23.8 Å². The number of ether oxygens (including phenoxy) is 1. The standard InChI is InChI=1S/C17H29NO3/c1-12(2)11-17(8,16(5,6)7)15(20)18-9-10-21-14(19)13(3)4/h11H,3,9-10H2,1-2,4-8H3,(H,18,20). The van der Waals surface area contributed by atoms with Crippen molar-refractivity contribution >= 4 is 11.9 Å². The van der Waals surface area contributed by atoms with E-state index in [1.165, 1.54) is 0 Å². The first-order valence-corrected chi connectivity index (χ1v) is 7.19. The van der Waals surface area contributed by atoms with Crippen LogP contribution >= 0.6 is 0 Å². The van der Waals surface area contributed by atoms with Crippen molar-refractivity contribution in [2.24, 2.45) is 10.8 Å². The van der Waals surface area contributed by atoms with Crippen LogP contribution < -0.4 is 5.32 Å². The van der Waals surface area contributed by atoms with Crippen LogP contribution in [-0.2, 0) is 14.3 Å². The fourth-order valence-corrected chi connectivity index (χ4v) is 1.82. The summed E-state index contributed by atoms with van der Waals surface area (Å²) >= 11 is 0. The topological polar surface area (TPSA) is 55.4 Å². The number of hydrogen-bond donors (Lipinski definition) is 1. The van der Waals surface area contributed by atoms with Crippen LogP contribution in [0, 0.1) is 10.8 Å². The molecule has 1 amide bonds. The van der Waals surface area contributed by atoms with Gasteiger partial charge in [-0.25, -0.2) is 4.79 Å². The highest BCUT2D eigenvalue weighted by atomic mass is 16.5. The maximum atomic E-state index is 12.5. The van der Waals surface area contributed by atoms with E-state index in [1.807, 2.05) is 47.6 Å². The molecule has 120 valence electrons. The van der Waals surface area contributed by atoms with Gasteiger partial charge in [-0.15, -0.1) is 0 Å². The smallest absolute Gasteiger partial charge is 0.333 e. The lowest BCUT2D eigenvalue weighted by Gasteiger charge is -2.38. The maximum absolute atomic E-state index is 12.5. The lowest BCUT2D eigenvalue weighted by atomic mass is 9.66. The van der Waals surface area contributed by atoms with Gasteiger partial charge in [0.15, 0.2) is 0 Å². The number of nitrogens with one attached hydrogen (secondary N) is 1. The lowest BCUT2D eigenvalue weighted by molar-refractivity contribution is -0.140. The molecule has 0 rings (SSSR count). The van der Waals surface area contributed by atoms with Crippen molar-refractivity contribution in [3.05, 3.63) is 23.8 Å². The predicted molar refractivity (Wildman–Crippen MR) is 85.8 cm³/mol. The Morgan fingerprint density at radius 1 is 1.14 bits per heavy atom. The summed E-state index contributed by atoms with van der Waals surface area (Å²) in [5, 5.41) is 2.84. The van der Waals surface area contributed by atoms with Crippen molar-refractivity contribution in [2.45, 2.75) is 48.5 Å². The summed E-state index contributed by atoms with van der Waals surface area (Å²) in [6.07, 6.45) is 1.99. The third-order valence-corrected chi connectivity index (χ3v) is 3.58. The molecule has 21 heavy (non-hydrogen) atoms. The first kappa shape index (κ1) is 19.4. The van der Waals surface area contributed by atoms with Gasteiger partial charge in [0, 0.05) is 5.57 Å². The lowest BCUT2D eigenvalue weighted by Crippen LogP contribution is -2.47. The van der Waals surface area contributed by atoms with E-state index in [0.717, 1.165) is 5.57 Å². The SMILES string of the molecule is C=C(C)C(=O)OCCNC(=O)C(C)(C=C(C)C)C(C)(C)C. The van der Waals surface area contributed by atoms with E-state index in [-0.39, 0.29) is 17.9 Å². The van der Waals surface area contributed by atoms with Crippen molar-refractivity contribution < 1.29 is 14.3 Å². The fraction of sp³-hybridized carbons (Fsp3) is 0.647. The zero-order chi connectivity index (χ0) is 16.8. The van der Waals surface area contributed by atoms with Gasteiger partial charge in [0.1, 0.15) is 6.61 Å². The van der Waals surface area contributed by atoms with E-state index in [2.05, 4.69) is 11.9 Å². The summed E-state index contributed by atoms with van der Waals surface area (Å²) in [5.74, 6) is -0.505. The van der Waals surface area contributed by atoms with Gasteiger partial charge in [-0.05, 0) is 33.1 Å². The molecule has 0 fully saturated rings. The number of hydrogen-bond acceptors (Lipinski definition) is 3. The zero-order valence-corrected chi connectivity index (χ0v) is 14.4. The summed E-state index contributed by atoms with van der Waals surface area (Å²) in [6, 6.07) is 0. The molecule has 0 bridgehead atoms. The number of amides is 1. The van der Waals surface area contributed by atoms with Gasteiger partial charge in [0.25, 0.3) is 0 Å². The van der Waals surface area contributed by atoms with Crippen molar-refractivity contribution in [2.75, 3.05) is 13.2 Å². The molecule has 0 saturated heterocycles. The van der Waals surface area contributed by atoms with Crippen molar-refractivity contribution in [1.82, 2.24) is 5.32 Å². The molecular weight excluding hydrogens is 266 g/mol. The van der Waals surface area contributed by atoms with Gasteiger partial charge in [-0.3, -0.25) is 4.79 Å². The second-order valence-electron chi connectivity index (χ2n) is 6.85. The van der Waals surface area contributed by atoms with Crippen LogP contribution in [0.1, 0.15) is 48.5 Å². The number of rotatable bonds is 6. The van der Waals surface area contributed by atoms with Gasteiger partial charge < -0.3 is 10.1 Å². The van der Waals surface area contributed by atoms with Crippen LogP contribution in [0.3, 0.4) is 0 Å². The van der Waals surface area contributed by atoms with Gasteiger partial charge in [-0.2, -0.15) is 0 Å². The van der Waals surface area contributed by atoms with Gasteiger partial charge >= 0.3 is 5.97 Å². The molecular formula is C17H29NO3. The zero-order valence-electron chi connectivity index (χ0n) is 14.4. The first-order chi connectivity index (χ1) is 9.41. The summed E-state index contributed by atoms with van der Waals surface area (Å²) in [7, 11) is 0. The minimum absolute atomic E-state index is 0.0671. The van der Waals surface area contributed by atoms with Crippen molar-refractivity contribution in [3.63, 3.8) is 0 Å². The molecule has 0 radical (unpaired) electrons. The monoisotopic (exact) mass is 295 g/mol. The van der Waals surface area contributed by atoms with Crippen molar-refractivity contribution in [1.29, 1.82) is 0 Å². The first-order valence-electron chi connectivity index (χ1n) is 7.19. The largest absolute Gasteiger partial charge is 0.460 e. The molecule has 4 nitrogen and oxygen atoms in total. The molecule has 1 N–H and O–H groups in total. The Morgan fingerprint density at radius 3 is 2.05 bits per heavy atom. The highest BCUT2D eigenvalue weighted by Crippen LogP contribution is 2.40. The molecule has 0 heterocycles. The predicted octanol–water partition coefficient (Wildman–Crippen LogP) is 3.24. The number of carbonyl (C=O) groups is 2. The molecule has 0 aromatic carbocycles. The number of esters is 1. The minimum atomic E-state index is -0.621. The summed E-state index contributed by atoms with van der Waals surface area (Å²) in [5.41, 5.74) is 0.606. The van der Waals surface area contributed by atoms with Crippen LogP contribution in [-0.4, -0.2) is 25.0 Å². The molecule has 4 heteroatoms. The minimum Gasteiger partial charge on any atom is -0.460 e. The van der Waals surface area contributed by atoms with Crippen LogP contribution in [0.5, 0.6) is 0 Å². The van der Waals surface area contributed by atoms with Gasteiger partial charge in [-0.1, -0.05) is 39.0 Å². The average molecular weight is 295 g/mol. The Hall–Kier alpha value is -1.58.